The van der Waals surface area contributed by atoms with E-state index < -0.39 is 6.43 Å². The van der Waals surface area contributed by atoms with Gasteiger partial charge in [-0.1, -0.05) is 12.1 Å². The predicted octanol–water partition coefficient (Wildman–Crippen LogP) is 3.62. The lowest BCUT2D eigenvalue weighted by atomic mass is 9.98. The predicted molar refractivity (Wildman–Crippen MR) is 49.9 cm³/mol. The molecule has 0 nitrogen and oxygen atoms in total. The minimum absolute atomic E-state index is 0.164. The first-order chi connectivity index (χ1) is 6.06. The lowest BCUT2D eigenvalue weighted by Crippen LogP contribution is -1.96. The lowest BCUT2D eigenvalue weighted by molar-refractivity contribution is 0.150. The summed E-state index contributed by atoms with van der Waals surface area (Å²) in [6.07, 6.45) is -1.73. The zero-order chi connectivity index (χ0) is 10.0. The van der Waals surface area contributed by atoms with E-state index in [2.05, 4.69) is 6.92 Å². The number of benzene rings is 1. The molecule has 0 bridgehead atoms. The van der Waals surface area contributed by atoms with Crippen LogP contribution in [0.25, 0.3) is 0 Å². The molecule has 0 aliphatic rings. The number of aryl methyl sites for hydroxylation is 2. The van der Waals surface area contributed by atoms with E-state index in [1.807, 2.05) is 0 Å². The molecule has 1 aromatic rings. The molecule has 0 aliphatic heterocycles. The van der Waals surface area contributed by atoms with Gasteiger partial charge in [0.1, 0.15) is 0 Å². The minimum atomic E-state index is -2.38. The first-order valence-electron chi connectivity index (χ1n) is 4.23. The second-order valence-corrected chi connectivity index (χ2v) is 3.19. The van der Waals surface area contributed by atoms with Crippen LogP contribution in [0, 0.1) is 20.8 Å². The maximum Gasteiger partial charge on any atom is 0.264 e. The number of halogens is 2. The van der Waals surface area contributed by atoms with Crippen LogP contribution in [0.2, 0.25) is 0 Å². The van der Waals surface area contributed by atoms with Gasteiger partial charge in [-0.15, -0.1) is 0 Å². The second-order valence-electron chi connectivity index (χ2n) is 3.19. The van der Waals surface area contributed by atoms with Crippen LogP contribution in [0.15, 0.2) is 12.1 Å². The molecular weight excluding hydrogens is 170 g/mol. The third-order valence-electron chi connectivity index (χ3n) is 2.16. The molecule has 0 heterocycles. The monoisotopic (exact) mass is 183 g/mol. The van der Waals surface area contributed by atoms with Crippen molar-refractivity contribution >= 4 is 0 Å². The van der Waals surface area contributed by atoms with E-state index >= 15 is 0 Å². The highest BCUT2D eigenvalue weighted by Crippen LogP contribution is 2.27. The third kappa shape index (κ3) is 2.06. The molecule has 0 saturated heterocycles. The summed E-state index contributed by atoms with van der Waals surface area (Å²) in [6.45, 7) is 7.16. The molecule has 0 N–H and O–H groups in total. The standard InChI is InChI=1S/C11H13F2/c1-4-9-5-7(2)10(11(12)13)8(3)6-9/h5-6,11H,1,4H2,2-3H3. The zero-order valence-corrected chi connectivity index (χ0v) is 7.90. The van der Waals surface area contributed by atoms with Crippen molar-refractivity contribution in [2.75, 3.05) is 0 Å². The summed E-state index contributed by atoms with van der Waals surface area (Å²) in [5, 5.41) is 0. The van der Waals surface area contributed by atoms with Gasteiger partial charge in [0, 0.05) is 5.56 Å². The Morgan fingerprint density at radius 2 is 1.69 bits per heavy atom. The van der Waals surface area contributed by atoms with Crippen molar-refractivity contribution in [2.24, 2.45) is 0 Å². The van der Waals surface area contributed by atoms with Crippen LogP contribution in [0.1, 0.15) is 28.7 Å². The van der Waals surface area contributed by atoms with Gasteiger partial charge in [0.2, 0.25) is 0 Å². The van der Waals surface area contributed by atoms with Gasteiger partial charge in [-0.05, 0) is 43.9 Å². The molecular formula is C11H13F2. The Balaban J connectivity index is 3.23. The number of alkyl halides is 2. The van der Waals surface area contributed by atoms with Crippen LogP contribution >= 0.6 is 0 Å². The van der Waals surface area contributed by atoms with Crippen molar-refractivity contribution in [1.29, 1.82) is 0 Å². The summed E-state index contributed by atoms with van der Waals surface area (Å²) in [5.74, 6) is 0. The molecule has 1 rings (SSSR count). The fourth-order valence-corrected chi connectivity index (χ4v) is 1.55. The van der Waals surface area contributed by atoms with E-state index in [1.54, 1.807) is 26.0 Å². The first-order valence-corrected chi connectivity index (χ1v) is 4.23. The van der Waals surface area contributed by atoms with Gasteiger partial charge < -0.3 is 0 Å². The molecule has 0 fully saturated rings. The highest BCUT2D eigenvalue weighted by atomic mass is 19.3. The Kier molecular flexibility index (Phi) is 3.02. The van der Waals surface area contributed by atoms with E-state index in [0.29, 0.717) is 17.5 Å². The van der Waals surface area contributed by atoms with Crippen molar-refractivity contribution in [3.05, 3.63) is 41.3 Å². The van der Waals surface area contributed by atoms with E-state index in [-0.39, 0.29) is 5.56 Å². The summed E-state index contributed by atoms with van der Waals surface area (Å²) in [4.78, 5) is 0. The number of rotatable bonds is 2. The van der Waals surface area contributed by atoms with Gasteiger partial charge >= 0.3 is 0 Å². The number of hydrogen-bond acceptors (Lipinski definition) is 0. The van der Waals surface area contributed by atoms with E-state index in [4.69, 9.17) is 0 Å². The molecule has 1 aromatic carbocycles. The second kappa shape index (κ2) is 3.86. The van der Waals surface area contributed by atoms with E-state index in [0.717, 1.165) is 5.56 Å². The Morgan fingerprint density at radius 1 is 1.23 bits per heavy atom. The summed E-state index contributed by atoms with van der Waals surface area (Å²) in [6, 6.07) is 3.56. The Bertz CT molecular complexity index is 280. The average molecular weight is 183 g/mol. The Hall–Kier alpha value is -0.920. The van der Waals surface area contributed by atoms with Crippen molar-refractivity contribution in [3.8, 4) is 0 Å². The zero-order valence-electron chi connectivity index (χ0n) is 7.90. The number of hydrogen-bond donors (Lipinski definition) is 0. The Labute approximate surface area is 77.6 Å². The molecule has 71 valence electrons. The van der Waals surface area contributed by atoms with Crippen molar-refractivity contribution < 1.29 is 8.78 Å². The Morgan fingerprint density at radius 3 is 2.00 bits per heavy atom. The van der Waals surface area contributed by atoms with Crippen LogP contribution in [0.4, 0.5) is 8.78 Å². The van der Waals surface area contributed by atoms with Crippen LogP contribution < -0.4 is 0 Å². The SMILES string of the molecule is [CH2]Cc1cc(C)c(C(F)F)c(C)c1. The van der Waals surface area contributed by atoms with Gasteiger partial charge in [0.05, 0.1) is 0 Å². The van der Waals surface area contributed by atoms with E-state index in [9.17, 15) is 8.78 Å². The van der Waals surface area contributed by atoms with Gasteiger partial charge in [-0.25, -0.2) is 8.78 Å². The lowest BCUT2D eigenvalue weighted by Gasteiger charge is -2.10. The first kappa shape index (κ1) is 10.2. The minimum Gasteiger partial charge on any atom is -0.205 e. The van der Waals surface area contributed by atoms with Crippen molar-refractivity contribution in [1.82, 2.24) is 0 Å². The fraction of sp³-hybridized carbons (Fsp3) is 0.364. The van der Waals surface area contributed by atoms with Gasteiger partial charge in [0.15, 0.2) is 0 Å². The average Bonchev–Trinajstić information content (AvgIpc) is 2.02. The summed E-state index contributed by atoms with van der Waals surface area (Å²) in [5.41, 5.74) is 2.50. The van der Waals surface area contributed by atoms with Crippen molar-refractivity contribution in [3.63, 3.8) is 0 Å². The molecule has 0 aromatic heterocycles. The van der Waals surface area contributed by atoms with E-state index in [1.165, 1.54) is 0 Å². The molecule has 2 heteroatoms. The summed E-state index contributed by atoms with van der Waals surface area (Å²) in [7, 11) is 0. The van der Waals surface area contributed by atoms with Gasteiger partial charge in [-0.3, -0.25) is 0 Å². The topological polar surface area (TPSA) is 0 Å². The van der Waals surface area contributed by atoms with Crippen molar-refractivity contribution in [2.45, 2.75) is 26.7 Å². The molecule has 0 saturated carbocycles. The largest absolute Gasteiger partial charge is 0.264 e. The summed E-state index contributed by atoms with van der Waals surface area (Å²) < 4.78 is 25.0. The molecule has 1 radical (unpaired) electrons. The normalized spacial score (nSPS) is 10.9. The molecule has 0 atom stereocenters. The van der Waals surface area contributed by atoms with Gasteiger partial charge in [0.25, 0.3) is 6.43 Å². The van der Waals surface area contributed by atoms with Crippen LogP contribution in [-0.2, 0) is 6.42 Å². The van der Waals surface area contributed by atoms with Crippen LogP contribution in [0.5, 0.6) is 0 Å². The molecule has 0 unspecified atom stereocenters. The molecule has 0 spiro atoms. The third-order valence-corrected chi connectivity index (χ3v) is 2.16. The smallest absolute Gasteiger partial charge is 0.205 e. The van der Waals surface area contributed by atoms with Crippen LogP contribution in [-0.4, -0.2) is 0 Å². The quantitative estimate of drug-likeness (QED) is 0.657. The van der Waals surface area contributed by atoms with Gasteiger partial charge in [-0.2, -0.15) is 0 Å². The fourth-order valence-electron chi connectivity index (χ4n) is 1.55. The maximum atomic E-state index is 12.5. The molecule has 0 aliphatic carbocycles. The molecule has 0 amide bonds. The highest BCUT2D eigenvalue weighted by Gasteiger charge is 2.13. The summed E-state index contributed by atoms with van der Waals surface area (Å²) >= 11 is 0. The maximum absolute atomic E-state index is 12.5. The highest BCUT2D eigenvalue weighted by molar-refractivity contribution is 5.38. The van der Waals surface area contributed by atoms with Crippen LogP contribution in [0.3, 0.4) is 0 Å². The molecule has 13 heavy (non-hydrogen) atoms.